The highest BCUT2D eigenvalue weighted by Crippen LogP contribution is 2.16. The molecule has 1 aliphatic rings. The number of aromatic nitrogens is 1. The summed E-state index contributed by atoms with van der Waals surface area (Å²) in [4.78, 5) is 6.77. The second-order valence-electron chi connectivity index (χ2n) is 4.96. The van der Waals surface area contributed by atoms with E-state index in [-0.39, 0.29) is 0 Å². The SMILES string of the molecule is CCN1CCCC(Nc2cncc(C)c2)CC1. The van der Waals surface area contributed by atoms with Gasteiger partial charge in [-0.3, -0.25) is 4.98 Å². The van der Waals surface area contributed by atoms with Crippen LogP contribution in [0.1, 0.15) is 31.7 Å². The molecule has 0 bridgehead atoms. The van der Waals surface area contributed by atoms with Crippen molar-refractivity contribution >= 4 is 5.69 Å². The van der Waals surface area contributed by atoms with Gasteiger partial charge in [-0.25, -0.2) is 0 Å². The van der Waals surface area contributed by atoms with Crippen molar-refractivity contribution in [3.63, 3.8) is 0 Å². The third kappa shape index (κ3) is 3.70. The second-order valence-corrected chi connectivity index (χ2v) is 4.96. The third-order valence-electron chi connectivity index (χ3n) is 3.51. The number of nitrogens with one attached hydrogen (secondary N) is 1. The van der Waals surface area contributed by atoms with Crippen molar-refractivity contribution in [2.24, 2.45) is 0 Å². The Hall–Kier alpha value is -1.09. The van der Waals surface area contributed by atoms with E-state index in [9.17, 15) is 0 Å². The molecule has 1 N–H and O–H groups in total. The van der Waals surface area contributed by atoms with Gasteiger partial charge in [0.25, 0.3) is 0 Å². The minimum absolute atomic E-state index is 0.607. The number of likely N-dealkylation sites (tertiary alicyclic amines) is 1. The Morgan fingerprint density at radius 1 is 1.35 bits per heavy atom. The van der Waals surface area contributed by atoms with E-state index in [1.54, 1.807) is 0 Å². The van der Waals surface area contributed by atoms with Crippen molar-refractivity contribution in [2.75, 3.05) is 25.0 Å². The van der Waals surface area contributed by atoms with Crippen LogP contribution in [0.4, 0.5) is 5.69 Å². The largest absolute Gasteiger partial charge is 0.381 e. The highest BCUT2D eigenvalue weighted by molar-refractivity contribution is 5.43. The van der Waals surface area contributed by atoms with Crippen LogP contribution in [0.5, 0.6) is 0 Å². The molecule has 94 valence electrons. The lowest BCUT2D eigenvalue weighted by atomic mass is 10.1. The summed E-state index contributed by atoms with van der Waals surface area (Å²) in [6.07, 6.45) is 7.63. The minimum Gasteiger partial charge on any atom is -0.381 e. The Labute approximate surface area is 104 Å². The van der Waals surface area contributed by atoms with Crippen LogP contribution in [0.2, 0.25) is 0 Å². The van der Waals surface area contributed by atoms with E-state index in [1.165, 1.54) is 50.1 Å². The summed E-state index contributed by atoms with van der Waals surface area (Å²) in [5, 5.41) is 3.62. The summed E-state index contributed by atoms with van der Waals surface area (Å²) >= 11 is 0. The standard InChI is InChI=1S/C14H23N3/c1-3-17-7-4-5-13(6-8-17)16-14-9-12(2)10-15-11-14/h9-11,13,16H,3-8H2,1-2H3. The van der Waals surface area contributed by atoms with E-state index in [2.05, 4.69) is 35.1 Å². The number of aryl methyl sites for hydroxylation is 1. The summed E-state index contributed by atoms with van der Waals surface area (Å²) in [5.41, 5.74) is 2.39. The molecule has 3 heteroatoms. The highest BCUT2D eigenvalue weighted by Gasteiger charge is 2.15. The van der Waals surface area contributed by atoms with Crippen LogP contribution >= 0.6 is 0 Å². The molecule has 0 amide bonds. The maximum Gasteiger partial charge on any atom is 0.0531 e. The zero-order valence-electron chi connectivity index (χ0n) is 10.9. The Morgan fingerprint density at radius 2 is 2.24 bits per heavy atom. The molecular weight excluding hydrogens is 210 g/mol. The molecule has 1 aromatic heterocycles. The molecule has 17 heavy (non-hydrogen) atoms. The van der Waals surface area contributed by atoms with Crippen LogP contribution in [-0.4, -0.2) is 35.6 Å². The minimum atomic E-state index is 0.607. The van der Waals surface area contributed by atoms with Gasteiger partial charge in [-0.15, -0.1) is 0 Å². The quantitative estimate of drug-likeness (QED) is 0.870. The van der Waals surface area contributed by atoms with Gasteiger partial charge in [0.1, 0.15) is 0 Å². The Kier molecular flexibility index (Phi) is 4.37. The van der Waals surface area contributed by atoms with Gasteiger partial charge in [0, 0.05) is 25.0 Å². The van der Waals surface area contributed by atoms with E-state index in [4.69, 9.17) is 0 Å². The predicted octanol–water partition coefficient (Wildman–Crippen LogP) is 2.68. The highest BCUT2D eigenvalue weighted by atomic mass is 15.1. The number of hydrogen-bond acceptors (Lipinski definition) is 3. The summed E-state index contributed by atoms with van der Waals surface area (Å²) in [6, 6.07) is 2.78. The van der Waals surface area contributed by atoms with Crippen molar-refractivity contribution < 1.29 is 0 Å². The van der Waals surface area contributed by atoms with Gasteiger partial charge >= 0.3 is 0 Å². The van der Waals surface area contributed by atoms with Crippen LogP contribution < -0.4 is 5.32 Å². The van der Waals surface area contributed by atoms with E-state index in [1.807, 2.05) is 12.4 Å². The topological polar surface area (TPSA) is 28.2 Å². The van der Waals surface area contributed by atoms with Crippen LogP contribution in [-0.2, 0) is 0 Å². The van der Waals surface area contributed by atoms with Gasteiger partial charge in [0.05, 0.1) is 5.69 Å². The molecule has 2 heterocycles. The average molecular weight is 233 g/mol. The number of pyridine rings is 1. The molecule has 1 unspecified atom stereocenters. The molecule has 1 fully saturated rings. The van der Waals surface area contributed by atoms with Gasteiger partial charge in [-0.2, -0.15) is 0 Å². The molecule has 0 aromatic carbocycles. The van der Waals surface area contributed by atoms with Gasteiger partial charge in [-0.1, -0.05) is 6.92 Å². The molecule has 0 radical (unpaired) electrons. The zero-order valence-corrected chi connectivity index (χ0v) is 10.9. The lowest BCUT2D eigenvalue weighted by Gasteiger charge is -2.19. The molecule has 1 saturated heterocycles. The van der Waals surface area contributed by atoms with E-state index in [0.717, 1.165) is 0 Å². The Bertz CT molecular complexity index is 351. The van der Waals surface area contributed by atoms with E-state index < -0.39 is 0 Å². The first-order chi connectivity index (χ1) is 8.28. The first-order valence-electron chi connectivity index (χ1n) is 6.68. The zero-order chi connectivity index (χ0) is 12.1. The van der Waals surface area contributed by atoms with Crippen molar-refractivity contribution in [3.05, 3.63) is 24.0 Å². The number of hydrogen-bond donors (Lipinski definition) is 1. The average Bonchev–Trinajstić information content (AvgIpc) is 2.54. The predicted molar refractivity (Wildman–Crippen MR) is 72.3 cm³/mol. The molecular formula is C14H23N3. The van der Waals surface area contributed by atoms with Gasteiger partial charge < -0.3 is 10.2 Å². The van der Waals surface area contributed by atoms with E-state index in [0.29, 0.717) is 6.04 Å². The van der Waals surface area contributed by atoms with Crippen LogP contribution in [0.25, 0.3) is 0 Å². The summed E-state index contributed by atoms with van der Waals surface area (Å²) < 4.78 is 0. The third-order valence-corrected chi connectivity index (χ3v) is 3.51. The number of rotatable bonds is 3. The normalized spacial score (nSPS) is 22.1. The maximum absolute atomic E-state index is 4.23. The fourth-order valence-corrected chi connectivity index (χ4v) is 2.49. The van der Waals surface area contributed by atoms with Crippen LogP contribution in [0.3, 0.4) is 0 Å². The smallest absolute Gasteiger partial charge is 0.0531 e. The Morgan fingerprint density at radius 3 is 3.00 bits per heavy atom. The first-order valence-corrected chi connectivity index (χ1v) is 6.68. The number of nitrogens with zero attached hydrogens (tertiary/aromatic N) is 2. The molecule has 0 saturated carbocycles. The van der Waals surface area contributed by atoms with Crippen molar-refractivity contribution in [2.45, 2.75) is 39.2 Å². The van der Waals surface area contributed by atoms with E-state index >= 15 is 0 Å². The summed E-state index contributed by atoms with van der Waals surface area (Å²) in [6.45, 7) is 7.98. The molecule has 1 atom stereocenters. The van der Waals surface area contributed by atoms with Crippen molar-refractivity contribution in [1.29, 1.82) is 0 Å². The van der Waals surface area contributed by atoms with Crippen LogP contribution in [0.15, 0.2) is 18.5 Å². The molecule has 1 aliphatic heterocycles. The lowest BCUT2D eigenvalue weighted by molar-refractivity contribution is 0.300. The molecule has 0 aliphatic carbocycles. The maximum atomic E-state index is 4.23. The fourth-order valence-electron chi connectivity index (χ4n) is 2.49. The first kappa shape index (κ1) is 12.4. The fraction of sp³-hybridized carbons (Fsp3) is 0.643. The molecule has 0 spiro atoms. The van der Waals surface area contributed by atoms with Gasteiger partial charge in [-0.05, 0) is 50.9 Å². The Balaban J connectivity index is 1.90. The second kappa shape index (κ2) is 6.01. The molecule has 3 nitrogen and oxygen atoms in total. The van der Waals surface area contributed by atoms with Gasteiger partial charge in [0.2, 0.25) is 0 Å². The van der Waals surface area contributed by atoms with Gasteiger partial charge in [0.15, 0.2) is 0 Å². The number of anilines is 1. The van der Waals surface area contributed by atoms with Crippen molar-refractivity contribution in [1.82, 2.24) is 9.88 Å². The lowest BCUT2D eigenvalue weighted by Crippen LogP contribution is -2.26. The summed E-state index contributed by atoms with van der Waals surface area (Å²) in [7, 11) is 0. The monoisotopic (exact) mass is 233 g/mol. The molecule has 2 rings (SSSR count). The molecule has 1 aromatic rings. The van der Waals surface area contributed by atoms with Crippen molar-refractivity contribution in [3.8, 4) is 0 Å². The van der Waals surface area contributed by atoms with Crippen LogP contribution in [0, 0.1) is 6.92 Å². The summed E-state index contributed by atoms with van der Waals surface area (Å²) in [5.74, 6) is 0.